The van der Waals surface area contributed by atoms with Gasteiger partial charge in [-0.15, -0.1) is 0 Å². The lowest BCUT2D eigenvalue weighted by molar-refractivity contribution is 0.144. The van der Waals surface area contributed by atoms with E-state index in [0.717, 1.165) is 36.9 Å². The average molecular weight is 372 g/mol. The van der Waals surface area contributed by atoms with Crippen LogP contribution in [0.4, 0.5) is 4.39 Å². The van der Waals surface area contributed by atoms with Crippen molar-refractivity contribution < 1.29 is 13.9 Å². The first kappa shape index (κ1) is 19.1. The Bertz CT molecular complexity index is 801. The van der Waals surface area contributed by atoms with Crippen LogP contribution in [0.3, 0.4) is 0 Å². The number of rotatable bonds is 8. The van der Waals surface area contributed by atoms with E-state index < -0.39 is 5.82 Å². The molecule has 0 unspecified atom stereocenters. The van der Waals surface area contributed by atoms with Gasteiger partial charge in [0.15, 0.2) is 23.2 Å². The fraction of sp³-hybridized carbons (Fsp3) is 0.400. The summed E-state index contributed by atoms with van der Waals surface area (Å²) in [6, 6.07) is 4.85. The summed E-state index contributed by atoms with van der Waals surface area (Å²) in [5, 5.41) is 0. The smallest absolute Gasteiger partial charge is 0.165 e. The molecule has 0 saturated carbocycles. The molecule has 0 aliphatic carbocycles. The molecule has 2 aliphatic heterocycles. The number of fused-ring (bicyclic) bond motifs is 1. The number of benzene rings is 1. The lowest BCUT2D eigenvalue weighted by Crippen LogP contribution is -2.43. The van der Waals surface area contributed by atoms with Crippen LogP contribution in [0, 0.1) is 5.82 Å². The zero-order valence-corrected chi connectivity index (χ0v) is 16.0. The minimum absolute atomic E-state index is 0.220. The molecule has 1 aromatic rings. The predicted octanol–water partition coefficient (Wildman–Crippen LogP) is 3.13. The molecule has 1 aromatic carbocycles. The third kappa shape index (κ3) is 4.54. The third-order valence-corrected chi connectivity index (χ3v) is 4.36. The van der Waals surface area contributed by atoms with Crippen molar-refractivity contribution in [3.05, 3.63) is 47.6 Å². The second-order valence-electron chi connectivity index (χ2n) is 6.19. The van der Waals surface area contributed by atoms with Gasteiger partial charge in [-0.1, -0.05) is 12.1 Å². The Morgan fingerprint density at radius 3 is 2.70 bits per heavy atom. The fourth-order valence-electron chi connectivity index (χ4n) is 2.84. The van der Waals surface area contributed by atoms with Gasteiger partial charge in [0.1, 0.15) is 12.3 Å². The maximum Gasteiger partial charge on any atom is 0.165 e. The van der Waals surface area contributed by atoms with Crippen LogP contribution in [0.5, 0.6) is 5.75 Å². The zero-order chi connectivity index (χ0) is 19.2. The number of hydrogen-bond donors (Lipinski definition) is 0. The Morgan fingerprint density at radius 2 is 2.00 bits per heavy atom. The largest absolute Gasteiger partial charge is 0.488 e. The van der Waals surface area contributed by atoms with E-state index in [1.807, 2.05) is 6.20 Å². The van der Waals surface area contributed by atoms with Crippen LogP contribution in [0.2, 0.25) is 0 Å². The number of ether oxygens (including phenoxy) is 2. The van der Waals surface area contributed by atoms with E-state index in [4.69, 9.17) is 9.47 Å². The number of halogens is 1. The molecule has 0 atom stereocenters. The first-order valence-electron chi connectivity index (χ1n) is 9.12. The second kappa shape index (κ2) is 8.81. The number of likely N-dealkylation sites (N-methyl/N-ethyl adjacent to an activating group) is 1. The van der Waals surface area contributed by atoms with E-state index >= 15 is 0 Å². The molecule has 27 heavy (non-hydrogen) atoms. The van der Waals surface area contributed by atoms with Gasteiger partial charge >= 0.3 is 0 Å². The van der Waals surface area contributed by atoms with E-state index in [0.29, 0.717) is 19.0 Å². The van der Waals surface area contributed by atoms with E-state index in [1.54, 1.807) is 31.4 Å². The van der Waals surface area contributed by atoms with Crippen molar-refractivity contribution in [1.82, 2.24) is 9.80 Å². The highest BCUT2D eigenvalue weighted by atomic mass is 19.1. The fourth-order valence-corrected chi connectivity index (χ4v) is 2.84. The Morgan fingerprint density at radius 1 is 1.15 bits per heavy atom. The van der Waals surface area contributed by atoms with Gasteiger partial charge in [-0.05, 0) is 37.6 Å². The number of amidine groups is 2. The molecule has 2 heterocycles. The Labute approximate surface area is 159 Å². The molecule has 0 fully saturated rings. The molecule has 144 valence electrons. The average Bonchev–Trinajstić information content (AvgIpc) is 3.10. The minimum Gasteiger partial charge on any atom is -0.488 e. The topological polar surface area (TPSA) is 49.7 Å². The van der Waals surface area contributed by atoms with Crippen LogP contribution in [0.25, 0.3) is 6.08 Å². The van der Waals surface area contributed by atoms with Gasteiger partial charge in [0.2, 0.25) is 0 Å². The lowest BCUT2D eigenvalue weighted by atomic mass is 10.2. The van der Waals surface area contributed by atoms with Gasteiger partial charge in [-0.2, -0.15) is 0 Å². The monoisotopic (exact) mass is 372 g/mol. The summed E-state index contributed by atoms with van der Waals surface area (Å²) in [7, 11) is 1.58. The van der Waals surface area contributed by atoms with Crippen LogP contribution in [-0.2, 0) is 4.74 Å². The van der Waals surface area contributed by atoms with Crippen molar-refractivity contribution in [3.8, 4) is 5.75 Å². The minimum atomic E-state index is -0.403. The highest BCUT2D eigenvalue weighted by Gasteiger charge is 2.26. The molecule has 3 rings (SSSR count). The SMILES string of the molecule is CCN1C=C2N=C(/C=C/c3ccc(OCCOC)c(F)c3)N=C2N(CC)C1. The van der Waals surface area contributed by atoms with E-state index in [2.05, 4.69) is 33.6 Å². The number of methoxy groups -OCH3 is 1. The van der Waals surface area contributed by atoms with Gasteiger partial charge in [0.05, 0.1) is 13.3 Å². The molecular formula is C20H25FN4O2. The summed E-state index contributed by atoms with van der Waals surface area (Å²) in [6.45, 7) is 7.56. The molecule has 0 aromatic heterocycles. The van der Waals surface area contributed by atoms with Crippen molar-refractivity contribution in [2.75, 3.05) is 40.1 Å². The molecule has 0 bridgehead atoms. The molecule has 7 heteroatoms. The van der Waals surface area contributed by atoms with Crippen LogP contribution < -0.4 is 4.74 Å². The molecule has 0 radical (unpaired) electrons. The van der Waals surface area contributed by atoms with Gasteiger partial charge < -0.3 is 19.3 Å². The lowest BCUT2D eigenvalue weighted by Gasteiger charge is -2.33. The highest BCUT2D eigenvalue weighted by molar-refractivity contribution is 6.16. The molecule has 0 amide bonds. The van der Waals surface area contributed by atoms with Crippen molar-refractivity contribution in [1.29, 1.82) is 0 Å². The normalized spacial score (nSPS) is 16.4. The van der Waals surface area contributed by atoms with Crippen LogP contribution in [0.15, 0.2) is 46.2 Å². The van der Waals surface area contributed by atoms with Gasteiger partial charge in [0.25, 0.3) is 0 Å². The summed E-state index contributed by atoms with van der Waals surface area (Å²) in [5.74, 6) is 1.33. The van der Waals surface area contributed by atoms with Gasteiger partial charge in [-0.3, -0.25) is 0 Å². The van der Waals surface area contributed by atoms with E-state index in [-0.39, 0.29) is 5.75 Å². The maximum absolute atomic E-state index is 14.1. The highest BCUT2D eigenvalue weighted by Crippen LogP contribution is 2.22. The quantitative estimate of drug-likeness (QED) is 0.658. The van der Waals surface area contributed by atoms with Crippen molar-refractivity contribution in [2.24, 2.45) is 9.98 Å². The zero-order valence-electron chi connectivity index (χ0n) is 16.0. The summed E-state index contributed by atoms with van der Waals surface area (Å²) in [5.41, 5.74) is 1.60. The van der Waals surface area contributed by atoms with Crippen molar-refractivity contribution >= 4 is 17.7 Å². The molecule has 0 spiro atoms. The van der Waals surface area contributed by atoms with Crippen LogP contribution in [-0.4, -0.2) is 61.6 Å². The van der Waals surface area contributed by atoms with E-state index in [1.165, 1.54) is 6.07 Å². The maximum atomic E-state index is 14.1. The Kier molecular flexibility index (Phi) is 6.24. The van der Waals surface area contributed by atoms with Crippen LogP contribution >= 0.6 is 0 Å². The summed E-state index contributed by atoms with van der Waals surface area (Å²) in [6.07, 6.45) is 5.64. The van der Waals surface area contributed by atoms with E-state index in [9.17, 15) is 4.39 Å². The standard InChI is InChI=1S/C20H25FN4O2/c1-4-24-13-17-20(25(5-2)14-24)23-19(22-17)9-7-15-6-8-18(16(21)12-15)27-11-10-26-3/h6-9,12-13H,4-5,10-11,14H2,1-3H3/b9-7+. The first-order valence-corrected chi connectivity index (χ1v) is 9.12. The molecule has 2 aliphatic rings. The molecule has 0 N–H and O–H groups in total. The number of hydrogen-bond acceptors (Lipinski definition) is 6. The first-order chi connectivity index (χ1) is 13.1. The summed E-state index contributed by atoms with van der Waals surface area (Å²) >= 11 is 0. The molecule has 6 nitrogen and oxygen atoms in total. The second-order valence-corrected chi connectivity index (χ2v) is 6.19. The van der Waals surface area contributed by atoms with Crippen molar-refractivity contribution in [2.45, 2.75) is 13.8 Å². The van der Waals surface area contributed by atoms with Gasteiger partial charge in [0, 0.05) is 26.4 Å². The van der Waals surface area contributed by atoms with Crippen molar-refractivity contribution in [3.63, 3.8) is 0 Å². The predicted molar refractivity (Wildman–Crippen MR) is 105 cm³/mol. The molecular weight excluding hydrogens is 347 g/mol. The summed E-state index contributed by atoms with van der Waals surface area (Å²) < 4.78 is 24.3. The summed E-state index contributed by atoms with van der Waals surface area (Å²) in [4.78, 5) is 13.6. The van der Waals surface area contributed by atoms with Gasteiger partial charge in [-0.25, -0.2) is 14.4 Å². The molecule has 0 saturated heterocycles. The number of nitrogens with zero attached hydrogens (tertiary/aromatic N) is 4. The number of aliphatic imine (C=N–C) groups is 2. The Balaban J connectivity index is 1.71. The Hall–Kier alpha value is -2.67. The van der Waals surface area contributed by atoms with Crippen LogP contribution in [0.1, 0.15) is 19.4 Å². The third-order valence-electron chi connectivity index (χ3n) is 4.36.